The van der Waals surface area contributed by atoms with Gasteiger partial charge >= 0.3 is 6.18 Å². The number of halogens is 4. The molecule has 1 saturated carbocycles. The maximum Gasteiger partial charge on any atom is 0.391 e. The molecule has 2 bridgehead atoms. The van der Waals surface area contributed by atoms with E-state index in [-0.39, 0.29) is 30.8 Å². The molecule has 1 aliphatic carbocycles. The highest BCUT2D eigenvalue weighted by Gasteiger charge is 2.52. The molecule has 106 valence electrons. The zero-order valence-electron chi connectivity index (χ0n) is 10.3. The van der Waals surface area contributed by atoms with Gasteiger partial charge in [0.2, 0.25) is 5.91 Å². The lowest BCUT2D eigenvalue weighted by molar-refractivity contribution is -0.206. The summed E-state index contributed by atoms with van der Waals surface area (Å²) in [5, 5.41) is 0. The zero-order valence-corrected chi connectivity index (χ0v) is 12.4. The second kappa shape index (κ2) is 4.63. The summed E-state index contributed by atoms with van der Waals surface area (Å²) < 4.78 is 38.7. The molecule has 0 radical (unpaired) electrons. The Labute approximate surface area is 123 Å². The lowest BCUT2D eigenvalue weighted by Crippen LogP contribution is -2.50. The lowest BCUT2D eigenvalue weighted by atomic mass is 9.73. The molecule has 2 unspecified atom stereocenters. The first-order valence-corrected chi connectivity index (χ1v) is 7.69. The number of hydrogen-bond acceptors (Lipinski definition) is 1. The molecule has 0 aromatic rings. The molecule has 0 aromatic carbocycles. The third-order valence-electron chi connectivity index (χ3n) is 4.55. The van der Waals surface area contributed by atoms with Crippen LogP contribution in [0.1, 0.15) is 32.1 Å². The van der Waals surface area contributed by atoms with E-state index in [1.807, 2.05) is 4.90 Å². The van der Waals surface area contributed by atoms with E-state index in [4.69, 9.17) is 0 Å². The Hall–Kier alpha value is -0.270. The second-order valence-electron chi connectivity index (χ2n) is 5.77. The highest BCUT2D eigenvalue weighted by molar-refractivity contribution is 14.1. The Bertz CT molecular complexity index is 428. The molecule has 19 heavy (non-hydrogen) atoms. The van der Waals surface area contributed by atoms with Gasteiger partial charge < -0.3 is 4.90 Å². The second-order valence-corrected chi connectivity index (χ2v) is 7.15. The fourth-order valence-electron chi connectivity index (χ4n) is 3.42. The number of carbonyl (C=O) groups is 1. The van der Waals surface area contributed by atoms with E-state index < -0.39 is 18.0 Å². The van der Waals surface area contributed by atoms with Crippen molar-refractivity contribution in [3.63, 3.8) is 0 Å². The first-order valence-electron chi connectivity index (χ1n) is 6.61. The van der Waals surface area contributed by atoms with Gasteiger partial charge in [-0.05, 0) is 58.3 Å². The number of amides is 1. The topological polar surface area (TPSA) is 20.3 Å². The summed E-state index contributed by atoms with van der Waals surface area (Å²) in [6.07, 6.45) is 0.748. The molecule has 3 rings (SSSR count). The first kappa shape index (κ1) is 13.7. The van der Waals surface area contributed by atoms with Crippen molar-refractivity contribution in [2.24, 2.45) is 11.8 Å². The van der Waals surface area contributed by atoms with Crippen LogP contribution in [0.5, 0.6) is 0 Å². The summed E-state index contributed by atoms with van der Waals surface area (Å²) in [4.78, 5) is 14.2. The molecule has 3 aliphatic rings. The molecule has 2 aliphatic heterocycles. The van der Waals surface area contributed by atoms with Crippen LogP contribution in [0, 0.1) is 11.8 Å². The Morgan fingerprint density at radius 3 is 2.58 bits per heavy atom. The van der Waals surface area contributed by atoms with Gasteiger partial charge in [-0.3, -0.25) is 4.79 Å². The highest BCUT2D eigenvalue weighted by atomic mass is 127. The minimum absolute atomic E-state index is 0.0148. The van der Waals surface area contributed by atoms with Gasteiger partial charge in [0.05, 0.1) is 12.0 Å². The van der Waals surface area contributed by atoms with Crippen molar-refractivity contribution in [1.29, 1.82) is 0 Å². The van der Waals surface area contributed by atoms with E-state index >= 15 is 0 Å². The van der Waals surface area contributed by atoms with Crippen molar-refractivity contribution < 1.29 is 18.0 Å². The van der Waals surface area contributed by atoms with Gasteiger partial charge in [-0.1, -0.05) is 6.08 Å². The predicted octanol–water partition coefficient (Wildman–Crippen LogP) is 3.66. The summed E-state index contributed by atoms with van der Waals surface area (Å²) >= 11 is 2.29. The average molecular weight is 385 g/mol. The van der Waals surface area contributed by atoms with E-state index in [0.717, 1.165) is 19.3 Å². The van der Waals surface area contributed by atoms with Crippen LogP contribution in [0.2, 0.25) is 0 Å². The van der Waals surface area contributed by atoms with Crippen molar-refractivity contribution in [1.82, 2.24) is 4.90 Å². The molecule has 0 N–H and O–H groups in total. The molecule has 0 aromatic heterocycles. The van der Waals surface area contributed by atoms with Crippen LogP contribution in [0.3, 0.4) is 0 Å². The minimum Gasteiger partial charge on any atom is -0.333 e. The molecular formula is C13H15F3INO. The van der Waals surface area contributed by atoms with Gasteiger partial charge in [0.1, 0.15) is 0 Å². The van der Waals surface area contributed by atoms with Crippen LogP contribution in [-0.4, -0.2) is 29.1 Å². The summed E-state index contributed by atoms with van der Waals surface area (Å²) in [5.41, 5.74) is 0. The van der Waals surface area contributed by atoms with E-state index in [0.29, 0.717) is 0 Å². The zero-order chi connectivity index (χ0) is 13.8. The standard InChI is InChI=1S/C13H15F3INO/c14-13(15,16)8-3-7(4-8)12(19)18-10-1-2-11(18)6-9(17)5-10/h5,7-8,10-11H,1-4,6H2/t7-,8+,10?,11?. The van der Waals surface area contributed by atoms with Gasteiger partial charge in [0, 0.05) is 12.0 Å². The maximum absolute atomic E-state index is 12.5. The number of carbonyl (C=O) groups excluding carboxylic acids is 1. The highest BCUT2D eigenvalue weighted by Crippen LogP contribution is 2.47. The maximum atomic E-state index is 12.5. The molecule has 2 nitrogen and oxygen atoms in total. The number of nitrogens with zero attached hydrogens (tertiary/aromatic N) is 1. The van der Waals surface area contributed by atoms with Crippen molar-refractivity contribution in [3.8, 4) is 0 Å². The summed E-state index contributed by atoms with van der Waals surface area (Å²) in [5.74, 6) is -1.72. The monoisotopic (exact) mass is 385 g/mol. The van der Waals surface area contributed by atoms with Crippen LogP contribution in [0.4, 0.5) is 13.2 Å². The Morgan fingerprint density at radius 2 is 2.00 bits per heavy atom. The average Bonchev–Trinajstić information content (AvgIpc) is 2.46. The van der Waals surface area contributed by atoms with Gasteiger partial charge in [-0.25, -0.2) is 0 Å². The molecule has 6 heteroatoms. The van der Waals surface area contributed by atoms with Crippen LogP contribution in [0.25, 0.3) is 0 Å². The van der Waals surface area contributed by atoms with E-state index in [9.17, 15) is 18.0 Å². The number of alkyl halides is 3. The van der Waals surface area contributed by atoms with Crippen molar-refractivity contribution in [3.05, 3.63) is 9.66 Å². The van der Waals surface area contributed by atoms with Gasteiger partial charge in [-0.15, -0.1) is 0 Å². The molecule has 1 amide bonds. The molecule has 2 heterocycles. The molecule has 1 saturated heterocycles. The number of rotatable bonds is 1. The Kier molecular flexibility index (Phi) is 3.34. The minimum atomic E-state index is -4.13. The largest absolute Gasteiger partial charge is 0.391 e. The molecular weight excluding hydrogens is 370 g/mol. The molecule has 2 fully saturated rings. The van der Waals surface area contributed by atoms with E-state index in [2.05, 4.69) is 28.7 Å². The van der Waals surface area contributed by atoms with Gasteiger partial charge in [0.15, 0.2) is 0 Å². The quantitative estimate of drug-likeness (QED) is 0.631. The van der Waals surface area contributed by atoms with Crippen LogP contribution < -0.4 is 0 Å². The first-order chi connectivity index (χ1) is 8.86. The van der Waals surface area contributed by atoms with E-state index in [1.165, 1.54) is 3.58 Å². The third-order valence-corrected chi connectivity index (χ3v) is 5.35. The fourth-order valence-corrected chi connectivity index (χ4v) is 4.34. The Balaban J connectivity index is 1.64. The van der Waals surface area contributed by atoms with Crippen LogP contribution >= 0.6 is 22.6 Å². The summed E-state index contributed by atoms with van der Waals surface area (Å²) in [6, 6.07) is 0.349. The van der Waals surface area contributed by atoms with Crippen molar-refractivity contribution in [2.75, 3.05) is 0 Å². The number of fused-ring (bicyclic) bond motifs is 2. The van der Waals surface area contributed by atoms with Crippen molar-refractivity contribution >= 4 is 28.5 Å². The van der Waals surface area contributed by atoms with Crippen LogP contribution in [-0.2, 0) is 4.79 Å². The third kappa shape index (κ3) is 2.40. The lowest BCUT2D eigenvalue weighted by Gasteiger charge is -2.41. The van der Waals surface area contributed by atoms with Gasteiger partial charge in [-0.2, -0.15) is 13.2 Å². The molecule has 0 spiro atoms. The number of hydrogen-bond donors (Lipinski definition) is 0. The van der Waals surface area contributed by atoms with E-state index in [1.54, 1.807) is 0 Å². The fraction of sp³-hybridized carbons (Fsp3) is 0.769. The smallest absolute Gasteiger partial charge is 0.333 e. The summed E-state index contributed by atoms with van der Waals surface area (Å²) in [7, 11) is 0. The van der Waals surface area contributed by atoms with Crippen molar-refractivity contribution in [2.45, 2.75) is 50.4 Å². The van der Waals surface area contributed by atoms with Gasteiger partial charge in [0.25, 0.3) is 0 Å². The normalized spacial score (nSPS) is 37.9. The Morgan fingerprint density at radius 1 is 1.32 bits per heavy atom. The summed E-state index contributed by atoms with van der Waals surface area (Å²) in [6.45, 7) is 0. The van der Waals surface area contributed by atoms with Crippen LogP contribution in [0.15, 0.2) is 9.66 Å². The molecule has 2 atom stereocenters. The SMILES string of the molecule is O=C([C@H]1C[C@@H](C(F)(F)F)C1)N1C2C=C(I)CC1CC2. The predicted molar refractivity (Wildman–Crippen MR) is 72.6 cm³/mol.